The van der Waals surface area contributed by atoms with Crippen molar-refractivity contribution in [3.63, 3.8) is 0 Å². The minimum atomic E-state index is -0.0287. The third-order valence-electron chi connectivity index (χ3n) is 3.74. The third-order valence-corrected chi connectivity index (χ3v) is 3.74. The predicted molar refractivity (Wildman–Crippen MR) is 89.0 cm³/mol. The molecule has 3 rings (SSSR count). The monoisotopic (exact) mass is 287 g/mol. The second-order valence-corrected chi connectivity index (χ2v) is 5.35. The van der Waals surface area contributed by atoms with Gasteiger partial charge in [0, 0.05) is 11.3 Å². The molecule has 3 aromatic rings. The maximum absolute atomic E-state index is 12.7. The number of carbonyl (C=O) groups is 1. The van der Waals surface area contributed by atoms with Gasteiger partial charge in [-0.25, -0.2) is 4.98 Å². The fraction of sp³-hybridized carbons (Fsp3) is 0.100. The molecule has 0 fully saturated rings. The average Bonchev–Trinajstić information content (AvgIpc) is 2.57. The zero-order valence-corrected chi connectivity index (χ0v) is 12.7. The first kappa shape index (κ1) is 14.2. The summed E-state index contributed by atoms with van der Waals surface area (Å²) in [5.74, 6) is -0.0287. The van der Waals surface area contributed by atoms with Gasteiger partial charge in [-0.2, -0.15) is 0 Å². The number of ketones is 1. The molecule has 0 amide bonds. The molecule has 0 saturated carbocycles. The van der Waals surface area contributed by atoms with Crippen molar-refractivity contribution in [2.45, 2.75) is 13.8 Å². The molecule has 0 aliphatic heterocycles. The van der Waals surface area contributed by atoms with E-state index in [9.17, 15) is 4.79 Å². The molecule has 2 nitrogen and oxygen atoms in total. The van der Waals surface area contributed by atoms with Gasteiger partial charge in [0.2, 0.25) is 5.78 Å². The van der Waals surface area contributed by atoms with E-state index < -0.39 is 0 Å². The van der Waals surface area contributed by atoms with Crippen molar-refractivity contribution in [1.29, 1.82) is 0 Å². The number of benzene rings is 2. The fourth-order valence-electron chi connectivity index (χ4n) is 2.60. The van der Waals surface area contributed by atoms with Gasteiger partial charge in [0.15, 0.2) is 0 Å². The summed E-state index contributed by atoms with van der Waals surface area (Å²) in [5, 5.41) is 0. The molecular weight excluding hydrogens is 270 g/mol. The SMILES string of the molecule is Cc1cc(-c2ccccc2)c(C)c(C(=O)c2ccccc2)n1. The molecule has 0 spiro atoms. The summed E-state index contributed by atoms with van der Waals surface area (Å²) < 4.78 is 0. The molecule has 0 atom stereocenters. The molecular formula is C20H17NO. The highest BCUT2D eigenvalue weighted by atomic mass is 16.1. The van der Waals surface area contributed by atoms with Crippen LogP contribution in [-0.2, 0) is 0 Å². The summed E-state index contributed by atoms with van der Waals surface area (Å²) in [6, 6.07) is 21.4. The first-order valence-corrected chi connectivity index (χ1v) is 7.30. The van der Waals surface area contributed by atoms with Crippen molar-refractivity contribution in [3.05, 3.63) is 89.2 Å². The Morgan fingerprint density at radius 3 is 2.09 bits per heavy atom. The first-order valence-electron chi connectivity index (χ1n) is 7.30. The molecule has 0 aliphatic rings. The summed E-state index contributed by atoms with van der Waals surface area (Å²) in [6.07, 6.45) is 0. The van der Waals surface area contributed by atoms with Gasteiger partial charge in [-0.15, -0.1) is 0 Å². The maximum atomic E-state index is 12.7. The molecule has 1 heterocycles. The molecule has 0 unspecified atom stereocenters. The minimum absolute atomic E-state index is 0.0287. The lowest BCUT2D eigenvalue weighted by Crippen LogP contribution is -2.08. The van der Waals surface area contributed by atoms with Gasteiger partial charge in [-0.3, -0.25) is 4.79 Å². The summed E-state index contributed by atoms with van der Waals surface area (Å²) in [6.45, 7) is 3.89. The molecule has 0 N–H and O–H groups in total. The van der Waals surface area contributed by atoms with Crippen LogP contribution in [0.5, 0.6) is 0 Å². The molecule has 2 heteroatoms. The third kappa shape index (κ3) is 2.68. The Bertz CT molecular complexity index is 808. The Hall–Kier alpha value is -2.74. The molecule has 0 saturated heterocycles. The van der Waals surface area contributed by atoms with Gasteiger partial charge >= 0.3 is 0 Å². The first-order chi connectivity index (χ1) is 10.7. The van der Waals surface area contributed by atoms with Crippen molar-refractivity contribution in [3.8, 4) is 11.1 Å². The topological polar surface area (TPSA) is 30.0 Å². The molecule has 22 heavy (non-hydrogen) atoms. The predicted octanol–water partition coefficient (Wildman–Crippen LogP) is 4.60. The molecule has 1 aromatic heterocycles. The summed E-state index contributed by atoms with van der Waals surface area (Å²) in [5.41, 5.74) is 5.14. The van der Waals surface area contributed by atoms with Crippen molar-refractivity contribution in [2.24, 2.45) is 0 Å². The summed E-state index contributed by atoms with van der Waals surface area (Å²) >= 11 is 0. The Morgan fingerprint density at radius 2 is 1.45 bits per heavy atom. The lowest BCUT2D eigenvalue weighted by atomic mass is 9.96. The van der Waals surface area contributed by atoms with Crippen LogP contribution in [0.25, 0.3) is 11.1 Å². The highest BCUT2D eigenvalue weighted by molar-refractivity contribution is 6.09. The number of hydrogen-bond donors (Lipinski definition) is 0. The van der Waals surface area contributed by atoms with E-state index >= 15 is 0 Å². The molecule has 0 radical (unpaired) electrons. The van der Waals surface area contributed by atoms with E-state index in [1.807, 2.05) is 68.4 Å². The standard InChI is InChI=1S/C20H17NO/c1-14-13-18(16-9-5-3-6-10-16)15(2)19(21-14)20(22)17-11-7-4-8-12-17/h3-13H,1-2H3. The van der Waals surface area contributed by atoms with Crippen molar-refractivity contribution in [1.82, 2.24) is 4.98 Å². The Morgan fingerprint density at radius 1 is 0.864 bits per heavy atom. The Labute approximate surface area is 130 Å². The van der Waals surface area contributed by atoms with Gasteiger partial charge in [0.25, 0.3) is 0 Å². The van der Waals surface area contributed by atoms with Crippen LogP contribution in [0.4, 0.5) is 0 Å². The summed E-state index contributed by atoms with van der Waals surface area (Å²) in [7, 11) is 0. The van der Waals surface area contributed by atoms with Crippen LogP contribution >= 0.6 is 0 Å². The second-order valence-electron chi connectivity index (χ2n) is 5.35. The van der Waals surface area contributed by atoms with Crippen LogP contribution in [0.1, 0.15) is 27.3 Å². The average molecular weight is 287 g/mol. The van der Waals surface area contributed by atoms with Crippen LogP contribution in [0.15, 0.2) is 66.7 Å². The van der Waals surface area contributed by atoms with Crippen LogP contribution in [-0.4, -0.2) is 10.8 Å². The Kier molecular flexibility index (Phi) is 3.84. The van der Waals surface area contributed by atoms with Crippen molar-refractivity contribution in [2.75, 3.05) is 0 Å². The number of aromatic nitrogens is 1. The highest BCUT2D eigenvalue weighted by Crippen LogP contribution is 2.26. The maximum Gasteiger partial charge on any atom is 0.211 e. The quantitative estimate of drug-likeness (QED) is 0.659. The number of hydrogen-bond acceptors (Lipinski definition) is 2. The smallest absolute Gasteiger partial charge is 0.211 e. The lowest BCUT2D eigenvalue weighted by molar-refractivity contribution is 0.103. The molecule has 108 valence electrons. The number of nitrogens with zero attached hydrogens (tertiary/aromatic N) is 1. The Balaban J connectivity index is 2.14. The second kappa shape index (κ2) is 5.94. The van der Waals surface area contributed by atoms with Gasteiger partial charge in [-0.05, 0) is 36.6 Å². The van der Waals surface area contributed by atoms with E-state index in [0.29, 0.717) is 11.3 Å². The van der Waals surface area contributed by atoms with E-state index in [4.69, 9.17) is 0 Å². The minimum Gasteiger partial charge on any atom is -0.287 e. The van der Waals surface area contributed by atoms with Gasteiger partial charge < -0.3 is 0 Å². The van der Waals surface area contributed by atoms with E-state index in [-0.39, 0.29) is 5.78 Å². The van der Waals surface area contributed by atoms with Gasteiger partial charge in [0.05, 0.1) is 0 Å². The summed E-state index contributed by atoms with van der Waals surface area (Å²) in [4.78, 5) is 17.2. The molecule has 0 aliphatic carbocycles. The van der Waals surface area contributed by atoms with E-state index in [0.717, 1.165) is 22.4 Å². The van der Waals surface area contributed by atoms with Gasteiger partial charge in [-0.1, -0.05) is 60.7 Å². The highest BCUT2D eigenvalue weighted by Gasteiger charge is 2.17. The largest absolute Gasteiger partial charge is 0.287 e. The van der Waals surface area contributed by atoms with Crippen LogP contribution in [0.3, 0.4) is 0 Å². The normalized spacial score (nSPS) is 10.5. The van der Waals surface area contributed by atoms with Gasteiger partial charge in [0.1, 0.15) is 5.69 Å². The zero-order chi connectivity index (χ0) is 15.5. The van der Waals surface area contributed by atoms with Crippen LogP contribution < -0.4 is 0 Å². The zero-order valence-electron chi connectivity index (χ0n) is 12.7. The fourth-order valence-corrected chi connectivity index (χ4v) is 2.60. The van der Waals surface area contributed by atoms with Crippen molar-refractivity contribution >= 4 is 5.78 Å². The molecule has 2 aromatic carbocycles. The van der Waals surface area contributed by atoms with Crippen LogP contribution in [0, 0.1) is 13.8 Å². The lowest BCUT2D eigenvalue weighted by Gasteiger charge is -2.12. The van der Waals surface area contributed by atoms with Crippen LogP contribution in [0.2, 0.25) is 0 Å². The number of aryl methyl sites for hydroxylation is 1. The van der Waals surface area contributed by atoms with E-state index in [1.165, 1.54) is 0 Å². The number of rotatable bonds is 3. The number of carbonyl (C=O) groups excluding carboxylic acids is 1. The van der Waals surface area contributed by atoms with E-state index in [2.05, 4.69) is 17.1 Å². The number of pyridine rings is 1. The van der Waals surface area contributed by atoms with E-state index in [1.54, 1.807) is 0 Å². The van der Waals surface area contributed by atoms with Crippen molar-refractivity contribution < 1.29 is 4.79 Å². The molecule has 0 bridgehead atoms.